The normalized spacial score (nSPS) is 16.7. The van der Waals surface area contributed by atoms with Crippen molar-refractivity contribution in [1.82, 2.24) is 10.3 Å². The van der Waals surface area contributed by atoms with Crippen molar-refractivity contribution in [1.29, 1.82) is 0 Å². The second-order valence-corrected chi connectivity index (χ2v) is 4.63. The minimum Gasteiger partial charge on any atom is -0.370 e. The fourth-order valence-electron chi connectivity index (χ4n) is 2.25. The maximum absolute atomic E-state index is 10.9. The lowest BCUT2D eigenvalue weighted by Crippen LogP contribution is -2.41. The molecule has 0 aliphatic carbocycles. The highest BCUT2D eigenvalue weighted by atomic mass is 16.1. The van der Waals surface area contributed by atoms with Crippen molar-refractivity contribution in [3.05, 3.63) is 18.3 Å². The average Bonchev–Trinajstić information content (AvgIpc) is 2.39. The minimum absolute atomic E-state index is 0.0925. The van der Waals surface area contributed by atoms with Crippen LogP contribution in [0.15, 0.2) is 18.3 Å². The van der Waals surface area contributed by atoms with Gasteiger partial charge in [-0.3, -0.25) is 4.79 Å². The lowest BCUT2D eigenvalue weighted by molar-refractivity contribution is -0.114. The molecule has 2 heterocycles. The van der Waals surface area contributed by atoms with Gasteiger partial charge in [0.25, 0.3) is 0 Å². The molecule has 1 fully saturated rings. The third-order valence-electron chi connectivity index (χ3n) is 3.32. The molecule has 1 amide bonds. The summed E-state index contributed by atoms with van der Waals surface area (Å²) in [6, 6.07) is 4.49. The summed E-state index contributed by atoms with van der Waals surface area (Å²) in [6.07, 6.45) is 4.14. The van der Waals surface area contributed by atoms with E-state index in [1.807, 2.05) is 25.4 Å². The van der Waals surface area contributed by atoms with Crippen molar-refractivity contribution in [3.63, 3.8) is 0 Å². The van der Waals surface area contributed by atoms with Gasteiger partial charge in [0.05, 0.1) is 11.9 Å². The van der Waals surface area contributed by atoms with Crippen LogP contribution in [0.1, 0.15) is 19.8 Å². The van der Waals surface area contributed by atoms with Crippen LogP contribution in [-0.4, -0.2) is 37.1 Å². The van der Waals surface area contributed by atoms with Crippen LogP contribution in [0.25, 0.3) is 0 Å². The summed E-state index contributed by atoms with van der Waals surface area (Å²) in [6.45, 7) is 3.58. The maximum Gasteiger partial charge on any atom is 0.222 e. The van der Waals surface area contributed by atoms with Gasteiger partial charge in [-0.1, -0.05) is 0 Å². The first kappa shape index (κ1) is 12.8. The first-order chi connectivity index (χ1) is 8.69. The maximum atomic E-state index is 10.9. The van der Waals surface area contributed by atoms with Gasteiger partial charge >= 0.3 is 0 Å². The number of nitrogens with zero attached hydrogens (tertiary/aromatic N) is 2. The van der Waals surface area contributed by atoms with E-state index in [2.05, 4.69) is 20.5 Å². The average molecular weight is 248 g/mol. The summed E-state index contributed by atoms with van der Waals surface area (Å²) in [7, 11) is 2.02. The third kappa shape index (κ3) is 3.20. The monoisotopic (exact) mass is 248 g/mol. The number of rotatable bonds is 3. The van der Waals surface area contributed by atoms with Gasteiger partial charge in [-0.05, 0) is 32.0 Å². The van der Waals surface area contributed by atoms with Gasteiger partial charge in [0.1, 0.15) is 5.82 Å². The molecule has 5 nitrogen and oxygen atoms in total. The number of hydrogen-bond acceptors (Lipinski definition) is 4. The van der Waals surface area contributed by atoms with Crippen molar-refractivity contribution in [2.45, 2.75) is 25.8 Å². The summed E-state index contributed by atoms with van der Waals surface area (Å²) in [5.74, 6) is 0.515. The van der Waals surface area contributed by atoms with Gasteiger partial charge in [0.15, 0.2) is 0 Å². The van der Waals surface area contributed by atoms with Gasteiger partial charge in [0.2, 0.25) is 5.91 Å². The summed E-state index contributed by atoms with van der Waals surface area (Å²) in [5, 5.41) is 5.99. The molecular weight excluding hydrogens is 228 g/mol. The molecule has 0 radical (unpaired) electrons. The van der Waals surface area contributed by atoms with E-state index in [4.69, 9.17) is 0 Å². The summed E-state index contributed by atoms with van der Waals surface area (Å²) in [4.78, 5) is 17.5. The van der Waals surface area contributed by atoms with Crippen LogP contribution in [0, 0.1) is 0 Å². The minimum atomic E-state index is -0.0925. The first-order valence-electron chi connectivity index (χ1n) is 6.35. The molecule has 1 aromatic rings. The smallest absolute Gasteiger partial charge is 0.222 e. The number of hydrogen-bond donors (Lipinski definition) is 2. The number of carbonyl (C=O) groups excluding carboxylic acids is 1. The molecule has 1 saturated heterocycles. The van der Waals surface area contributed by atoms with Crippen molar-refractivity contribution >= 4 is 17.4 Å². The standard InChI is InChI=1S/C13H20N4O/c1-10(18)16-13-4-3-12(9-15-13)17-7-5-11(14-2)6-8-17/h3-4,9,11,14H,5-8H2,1-2H3,(H,15,16,18). The molecule has 0 unspecified atom stereocenters. The van der Waals surface area contributed by atoms with E-state index >= 15 is 0 Å². The number of piperidine rings is 1. The quantitative estimate of drug-likeness (QED) is 0.844. The van der Waals surface area contributed by atoms with Gasteiger partial charge in [-0.25, -0.2) is 4.98 Å². The van der Waals surface area contributed by atoms with E-state index in [9.17, 15) is 4.79 Å². The zero-order valence-corrected chi connectivity index (χ0v) is 10.9. The van der Waals surface area contributed by atoms with Gasteiger partial charge < -0.3 is 15.5 Å². The molecule has 0 atom stereocenters. The predicted octanol–water partition coefficient (Wildman–Crippen LogP) is 1.23. The molecule has 0 aromatic carbocycles. The van der Waals surface area contributed by atoms with Gasteiger partial charge in [-0.2, -0.15) is 0 Å². The van der Waals surface area contributed by atoms with Crippen LogP contribution in [0.2, 0.25) is 0 Å². The lowest BCUT2D eigenvalue weighted by atomic mass is 10.1. The number of amides is 1. The fourth-order valence-corrected chi connectivity index (χ4v) is 2.25. The molecule has 1 aliphatic rings. The van der Waals surface area contributed by atoms with Crippen LogP contribution >= 0.6 is 0 Å². The number of aromatic nitrogens is 1. The predicted molar refractivity (Wildman–Crippen MR) is 72.8 cm³/mol. The molecule has 0 saturated carbocycles. The molecule has 2 N–H and O–H groups in total. The van der Waals surface area contributed by atoms with Gasteiger partial charge in [0, 0.05) is 26.1 Å². The zero-order valence-electron chi connectivity index (χ0n) is 10.9. The molecular formula is C13H20N4O. The molecule has 98 valence electrons. The largest absolute Gasteiger partial charge is 0.370 e. The van der Waals surface area contributed by atoms with E-state index < -0.39 is 0 Å². The highest BCUT2D eigenvalue weighted by Crippen LogP contribution is 2.20. The van der Waals surface area contributed by atoms with Crippen LogP contribution < -0.4 is 15.5 Å². The Morgan fingerprint density at radius 1 is 1.39 bits per heavy atom. The van der Waals surface area contributed by atoms with Crippen LogP contribution in [0.5, 0.6) is 0 Å². The third-order valence-corrected chi connectivity index (χ3v) is 3.32. The zero-order chi connectivity index (χ0) is 13.0. The lowest BCUT2D eigenvalue weighted by Gasteiger charge is -2.33. The Kier molecular flexibility index (Phi) is 4.15. The Balaban J connectivity index is 1.95. The van der Waals surface area contributed by atoms with E-state index in [-0.39, 0.29) is 5.91 Å². The molecule has 5 heteroatoms. The van der Waals surface area contributed by atoms with Crippen molar-refractivity contribution in [2.75, 3.05) is 30.4 Å². The summed E-state index contributed by atoms with van der Waals surface area (Å²) >= 11 is 0. The Bertz CT molecular complexity index is 396. The second-order valence-electron chi connectivity index (χ2n) is 4.63. The second kappa shape index (κ2) is 5.82. The van der Waals surface area contributed by atoms with Crippen molar-refractivity contribution < 1.29 is 4.79 Å². The molecule has 0 bridgehead atoms. The molecule has 2 rings (SSSR count). The van der Waals surface area contributed by atoms with Gasteiger partial charge in [-0.15, -0.1) is 0 Å². The Labute approximate surface area is 108 Å². The van der Waals surface area contributed by atoms with Crippen molar-refractivity contribution in [2.24, 2.45) is 0 Å². The van der Waals surface area contributed by atoms with Crippen LogP contribution in [0.3, 0.4) is 0 Å². The number of pyridine rings is 1. The number of anilines is 2. The molecule has 0 spiro atoms. The summed E-state index contributed by atoms with van der Waals surface area (Å²) < 4.78 is 0. The van der Waals surface area contributed by atoms with E-state index in [1.165, 1.54) is 6.92 Å². The van der Waals surface area contributed by atoms with E-state index in [0.29, 0.717) is 11.9 Å². The molecule has 18 heavy (non-hydrogen) atoms. The number of nitrogens with one attached hydrogen (secondary N) is 2. The summed E-state index contributed by atoms with van der Waals surface area (Å²) in [5.41, 5.74) is 1.12. The van der Waals surface area contributed by atoms with E-state index in [1.54, 1.807) is 0 Å². The fraction of sp³-hybridized carbons (Fsp3) is 0.538. The molecule has 1 aliphatic heterocycles. The van der Waals surface area contributed by atoms with E-state index in [0.717, 1.165) is 31.6 Å². The van der Waals surface area contributed by atoms with Crippen molar-refractivity contribution in [3.8, 4) is 0 Å². The topological polar surface area (TPSA) is 57.3 Å². The first-order valence-corrected chi connectivity index (χ1v) is 6.35. The highest BCUT2D eigenvalue weighted by Gasteiger charge is 2.17. The van der Waals surface area contributed by atoms with Crippen LogP contribution in [-0.2, 0) is 4.79 Å². The number of carbonyl (C=O) groups is 1. The SMILES string of the molecule is CNC1CCN(c2ccc(NC(C)=O)nc2)CC1. The highest BCUT2D eigenvalue weighted by molar-refractivity contribution is 5.87. The Morgan fingerprint density at radius 2 is 2.11 bits per heavy atom. The Morgan fingerprint density at radius 3 is 2.61 bits per heavy atom. The Hall–Kier alpha value is -1.62. The van der Waals surface area contributed by atoms with Crippen LogP contribution in [0.4, 0.5) is 11.5 Å². The molecule has 1 aromatic heterocycles.